The summed E-state index contributed by atoms with van der Waals surface area (Å²) in [4.78, 5) is 39.7. The second kappa shape index (κ2) is 7.85. The third-order valence-electron chi connectivity index (χ3n) is 5.94. The number of carbonyl (C=O) groups is 3. The summed E-state index contributed by atoms with van der Waals surface area (Å²) in [7, 11) is 0. The van der Waals surface area contributed by atoms with Gasteiger partial charge >= 0.3 is 6.03 Å². The van der Waals surface area contributed by atoms with Gasteiger partial charge in [-0.1, -0.05) is 12.1 Å². The Morgan fingerprint density at radius 2 is 1.91 bits per heavy atom. The number of ketones is 1. The fraction of sp³-hybridized carbons (Fsp3) is 0.250. The van der Waals surface area contributed by atoms with Crippen molar-refractivity contribution in [1.29, 1.82) is 5.26 Å². The van der Waals surface area contributed by atoms with Crippen LogP contribution in [0, 0.1) is 25.2 Å². The average Bonchev–Trinajstić information content (AvgIpc) is 3.45. The van der Waals surface area contributed by atoms with Gasteiger partial charge in [0.1, 0.15) is 11.3 Å². The smallest absolute Gasteiger partial charge is 0.325 e. The Balaban J connectivity index is 1.55. The molecule has 8 nitrogen and oxygen atoms in total. The van der Waals surface area contributed by atoms with Gasteiger partial charge in [0, 0.05) is 17.0 Å². The molecule has 3 aromatic rings. The van der Waals surface area contributed by atoms with Gasteiger partial charge in [0.15, 0.2) is 5.78 Å². The molecule has 0 saturated carbocycles. The minimum Gasteiger partial charge on any atom is -0.467 e. The first kappa shape index (κ1) is 21.1. The van der Waals surface area contributed by atoms with Crippen molar-refractivity contribution in [2.24, 2.45) is 0 Å². The van der Waals surface area contributed by atoms with E-state index in [9.17, 15) is 14.4 Å². The SMILES string of the molecule is Cc1cc(C(=O)CN2C(=O)NC(C)(c3ccc(C#N)cc3)C2=O)c(C)n1Cc1ccco1. The Bertz CT molecular complexity index is 1250. The zero-order valence-electron chi connectivity index (χ0n) is 18.0. The molecule has 2 aromatic heterocycles. The Morgan fingerprint density at radius 1 is 1.19 bits per heavy atom. The first-order chi connectivity index (χ1) is 15.2. The van der Waals surface area contributed by atoms with Crippen LogP contribution in [0.25, 0.3) is 0 Å². The normalized spacial score (nSPS) is 18.0. The van der Waals surface area contributed by atoms with Crippen molar-refractivity contribution in [3.05, 3.63) is 82.6 Å². The summed E-state index contributed by atoms with van der Waals surface area (Å²) < 4.78 is 7.36. The minimum atomic E-state index is -1.30. The molecule has 0 spiro atoms. The van der Waals surface area contributed by atoms with Gasteiger partial charge in [-0.05, 0) is 56.7 Å². The molecule has 32 heavy (non-hydrogen) atoms. The molecule has 162 valence electrons. The molecule has 3 amide bonds. The lowest BCUT2D eigenvalue weighted by Gasteiger charge is -2.22. The Kier molecular flexibility index (Phi) is 5.18. The molecule has 3 heterocycles. The van der Waals surface area contributed by atoms with Crippen molar-refractivity contribution in [2.45, 2.75) is 32.9 Å². The first-order valence-corrected chi connectivity index (χ1v) is 10.1. The van der Waals surface area contributed by atoms with Gasteiger partial charge in [-0.2, -0.15) is 5.26 Å². The third-order valence-corrected chi connectivity index (χ3v) is 5.94. The standard InChI is InChI=1S/C24H22N4O4/c1-15-11-20(16(2)27(15)13-19-5-4-10-32-19)21(29)14-28-22(30)24(3,26-23(28)31)18-8-6-17(12-25)7-9-18/h4-11H,13-14H2,1-3H3,(H,26,31). The second-order valence-corrected chi connectivity index (χ2v) is 8.01. The number of nitriles is 1. The summed E-state index contributed by atoms with van der Waals surface area (Å²) in [6, 6.07) is 13.2. The van der Waals surface area contributed by atoms with Crippen LogP contribution < -0.4 is 5.32 Å². The maximum absolute atomic E-state index is 13.1. The van der Waals surface area contributed by atoms with Crippen molar-refractivity contribution < 1.29 is 18.8 Å². The van der Waals surface area contributed by atoms with Gasteiger partial charge in [-0.25, -0.2) is 4.79 Å². The van der Waals surface area contributed by atoms with Gasteiger partial charge < -0.3 is 14.3 Å². The van der Waals surface area contributed by atoms with E-state index in [1.54, 1.807) is 49.6 Å². The summed E-state index contributed by atoms with van der Waals surface area (Å²) in [5.74, 6) is -0.0700. The molecule has 1 fully saturated rings. The fourth-order valence-corrected chi connectivity index (χ4v) is 4.03. The summed E-state index contributed by atoms with van der Waals surface area (Å²) in [5, 5.41) is 11.7. The number of amides is 3. The maximum atomic E-state index is 13.1. The highest BCUT2D eigenvalue weighted by Gasteiger charge is 2.49. The van der Waals surface area contributed by atoms with Gasteiger partial charge in [0.2, 0.25) is 0 Å². The van der Waals surface area contributed by atoms with Crippen LogP contribution >= 0.6 is 0 Å². The summed E-state index contributed by atoms with van der Waals surface area (Å²) in [5.41, 5.74) is 1.77. The molecule has 1 N–H and O–H groups in total. The molecular weight excluding hydrogens is 408 g/mol. The van der Waals surface area contributed by atoms with Gasteiger partial charge in [-0.15, -0.1) is 0 Å². The molecule has 4 rings (SSSR count). The Morgan fingerprint density at radius 3 is 2.53 bits per heavy atom. The van der Waals surface area contributed by atoms with Crippen molar-refractivity contribution in [1.82, 2.24) is 14.8 Å². The summed E-state index contributed by atoms with van der Waals surface area (Å²) >= 11 is 0. The van der Waals surface area contributed by atoms with Crippen LogP contribution in [-0.4, -0.2) is 33.7 Å². The second-order valence-electron chi connectivity index (χ2n) is 8.01. The van der Waals surface area contributed by atoms with E-state index < -0.39 is 17.5 Å². The largest absolute Gasteiger partial charge is 0.467 e. The molecule has 1 aromatic carbocycles. The van der Waals surface area contributed by atoms with E-state index in [1.807, 2.05) is 30.6 Å². The number of nitrogens with one attached hydrogen (secondary N) is 1. The number of aromatic nitrogens is 1. The van der Waals surface area contributed by atoms with Gasteiger partial charge in [0.05, 0.1) is 31.0 Å². The lowest BCUT2D eigenvalue weighted by molar-refractivity contribution is -0.130. The monoisotopic (exact) mass is 430 g/mol. The summed E-state index contributed by atoms with van der Waals surface area (Å²) in [6.07, 6.45) is 1.60. The average molecular weight is 430 g/mol. The number of urea groups is 1. The number of Topliss-reactive ketones (excluding diaryl/α,β-unsaturated/α-hetero) is 1. The Labute approximate surface area is 185 Å². The van der Waals surface area contributed by atoms with E-state index in [0.29, 0.717) is 23.2 Å². The number of hydrogen-bond donors (Lipinski definition) is 1. The van der Waals surface area contributed by atoms with E-state index in [-0.39, 0.29) is 12.3 Å². The third kappa shape index (κ3) is 3.48. The van der Waals surface area contributed by atoms with Crippen LogP contribution in [0.5, 0.6) is 0 Å². The molecule has 0 bridgehead atoms. The highest BCUT2D eigenvalue weighted by atomic mass is 16.3. The number of furan rings is 1. The number of aryl methyl sites for hydroxylation is 1. The molecule has 1 unspecified atom stereocenters. The van der Waals surface area contributed by atoms with E-state index >= 15 is 0 Å². The highest BCUT2D eigenvalue weighted by molar-refractivity contribution is 6.11. The molecule has 8 heteroatoms. The van der Waals surface area contributed by atoms with Crippen molar-refractivity contribution in [3.63, 3.8) is 0 Å². The summed E-state index contributed by atoms with van der Waals surface area (Å²) in [6.45, 7) is 5.44. The molecule has 1 aliphatic rings. The number of benzene rings is 1. The van der Waals surface area contributed by atoms with Gasteiger partial charge in [-0.3, -0.25) is 14.5 Å². The van der Waals surface area contributed by atoms with Crippen LogP contribution in [0.1, 0.15) is 45.6 Å². The van der Waals surface area contributed by atoms with Crippen molar-refractivity contribution in [3.8, 4) is 6.07 Å². The minimum absolute atomic E-state index is 0.323. The van der Waals surface area contributed by atoms with Gasteiger partial charge in [0.25, 0.3) is 5.91 Å². The fourth-order valence-electron chi connectivity index (χ4n) is 4.03. The van der Waals surface area contributed by atoms with Crippen LogP contribution in [-0.2, 0) is 16.9 Å². The molecule has 1 atom stereocenters. The van der Waals surface area contributed by atoms with E-state index in [0.717, 1.165) is 22.0 Å². The van der Waals surface area contributed by atoms with Crippen LogP contribution in [0.3, 0.4) is 0 Å². The number of hydrogen-bond acceptors (Lipinski definition) is 5. The predicted molar refractivity (Wildman–Crippen MR) is 115 cm³/mol. The molecule has 1 saturated heterocycles. The molecular formula is C24H22N4O4. The number of imide groups is 1. The maximum Gasteiger partial charge on any atom is 0.325 e. The first-order valence-electron chi connectivity index (χ1n) is 10.1. The molecule has 0 aliphatic carbocycles. The van der Waals surface area contributed by atoms with E-state index in [2.05, 4.69) is 5.32 Å². The topological polar surface area (TPSA) is 108 Å². The van der Waals surface area contributed by atoms with Crippen molar-refractivity contribution in [2.75, 3.05) is 6.54 Å². The lowest BCUT2D eigenvalue weighted by Crippen LogP contribution is -2.41. The molecule has 0 radical (unpaired) electrons. The van der Waals surface area contributed by atoms with E-state index in [1.165, 1.54) is 0 Å². The lowest BCUT2D eigenvalue weighted by atomic mass is 9.91. The van der Waals surface area contributed by atoms with Crippen molar-refractivity contribution >= 4 is 17.7 Å². The zero-order chi connectivity index (χ0) is 23.0. The zero-order valence-corrected chi connectivity index (χ0v) is 18.0. The van der Waals surface area contributed by atoms with Crippen LogP contribution in [0.15, 0.2) is 53.1 Å². The number of rotatable bonds is 6. The predicted octanol–water partition coefficient (Wildman–Crippen LogP) is 3.27. The van der Waals surface area contributed by atoms with E-state index in [4.69, 9.17) is 9.68 Å². The number of nitrogens with zero attached hydrogens (tertiary/aromatic N) is 3. The van der Waals surface area contributed by atoms with Crippen LogP contribution in [0.4, 0.5) is 4.79 Å². The Hall–Kier alpha value is -4.12. The molecule has 1 aliphatic heterocycles. The quantitative estimate of drug-likeness (QED) is 0.477. The highest BCUT2D eigenvalue weighted by Crippen LogP contribution is 2.29. The van der Waals surface area contributed by atoms with Crippen LogP contribution in [0.2, 0.25) is 0 Å². The number of carbonyl (C=O) groups excluding carboxylic acids is 3.